The van der Waals surface area contributed by atoms with E-state index in [0.717, 1.165) is 11.1 Å². The largest absolute Gasteiger partial charge is 0.472 e. The van der Waals surface area contributed by atoms with Gasteiger partial charge in [-0.3, -0.25) is 9.59 Å². The second kappa shape index (κ2) is 9.91. The monoisotopic (exact) mass is 443 g/mol. The number of hydrogen-bond donors (Lipinski definition) is 1. The van der Waals surface area contributed by atoms with E-state index in [2.05, 4.69) is 10.4 Å². The molecule has 6 nitrogen and oxygen atoms in total. The summed E-state index contributed by atoms with van der Waals surface area (Å²) in [7, 11) is 0. The Hall–Kier alpha value is -4.26. The third-order valence-electron chi connectivity index (χ3n) is 5.00. The lowest BCUT2D eigenvalue weighted by atomic mass is 10.1. The molecule has 0 aliphatic heterocycles. The summed E-state index contributed by atoms with van der Waals surface area (Å²) in [6.45, 7) is 2.55. The van der Waals surface area contributed by atoms with Gasteiger partial charge in [-0.15, -0.1) is 5.10 Å². The van der Waals surface area contributed by atoms with Crippen LogP contribution in [0, 0.1) is 12.7 Å². The van der Waals surface area contributed by atoms with Gasteiger partial charge >= 0.3 is 0 Å². The van der Waals surface area contributed by atoms with Gasteiger partial charge in [0, 0.05) is 24.2 Å². The SMILES string of the molecule is Cc1ccc(CNC(=O)c2ccc(-n3nc(OCc4cccc(F)c4)ccc3=O)cc2)cc1. The predicted molar refractivity (Wildman–Crippen MR) is 123 cm³/mol. The first-order valence-electron chi connectivity index (χ1n) is 10.4. The van der Waals surface area contributed by atoms with Gasteiger partial charge in [0.1, 0.15) is 12.4 Å². The van der Waals surface area contributed by atoms with Crippen molar-refractivity contribution in [2.45, 2.75) is 20.1 Å². The lowest BCUT2D eigenvalue weighted by Gasteiger charge is -2.10. The van der Waals surface area contributed by atoms with E-state index in [4.69, 9.17) is 4.74 Å². The van der Waals surface area contributed by atoms with Crippen molar-refractivity contribution >= 4 is 5.91 Å². The molecule has 0 unspecified atom stereocenters. The molecule has 7 heteroatoms. The zero-order chi connectivity index (χ0) is 23.2. The van der Waals surface area contributed by atoms with Gasteiger partial charge in [0.25, 0.3) is 11.5 Å². The van der Waals surface area contributed by atoms with Gasteiger partial charge in [0.2, 0.25) is 5.88 Å². The van der Waals surface area contributed by atoms with Crippen LogP contribution in [0.25, 0.3) is 5.69 Å². The Morgan fingerprint density at radius 2 is 1.73 bits per heavy atom. The average molecular weight is 443 g/mol. The molecule has 0 saturated carbocycles. The highest BCUT2D eigenvalue weighted by atomic mass is 19.1. The molecule has 1 heterocycles. The van der Waals surface area contributed by atoms with Crippen molar-refractivity contribution in [2.75, 3.05) is 0 Å². The van der Waals surface area contributed by atoms with Gasteiger partial charge in [-0.25, -0.2) is 4.39 Å². The Morgan fingerprint density at radius 3 is 2.45 bits per heavy atom. The van der Waals surface area contributed by atoms with Crippen molar-refractivity contribution in [1.29, 1.82) is 0 Å². The first-order valence-corrected chi connectivity index (χ1v) is 10.4. The number of halogens is 1. The maximum Gasteiger partial charge on any atom is 0.271 e. The summed E-state index contributed by atoms with van der Waals surface area (Å²) < 4.78 is 20.1. The number of ether oxygens (including phenoxy) is 1. The van der Waals surface area contributed by atoms with Crippen LogP contribution in [0.2, 0.25) is 0 Å². The molecule has 0 radical (unpaired) electrons. The third-order valence-corrected chi connectivity index (χ3v) is 5.00. The second-order valence-electron chi connectivity index (χ2n) is 7.56. The maximum atomic E-state index is 13.3. The zero-order valence-electron chi connectivity index (χ0n) is 18.0. The summed E-state index contributed by atoms with van der Waals surface area (Å²) in [5, 5.41) is 7.11. The fraction of sp³-hybridized carbons (Fsp3) is 0.115. The van der Waals surface area contributed by atoms with E-state index in [1.54, 1.807) is 36.4 Å². The first-order chi connectivity index (χ1) is 16.0. The van der Waals surface area contributed by atoms with Crippen LogP contribution in [0.3, 0.4) is 0 Å². The number of benzene rings is 3. The molecule has 0 bridgehead atoms. The smallest absolute Gasteiger partial charge is 0.271 e. The predicted octanol–water partition coefficient (Wildman–Crippen LogP) is 4.19. The van der Waals surface area contributed by atoms with E-state index < -0.39 is 0 Å². The van der Waals surface area contributed by atoms with Crippen LogP contribution >= 0.6 is 0 Å². The number of carbonyl (C=O) groups is 1. The van der Waals surface area contributed by atoms with Gasteiger partial charge in [-0.2, -0.15) is 4.68 Å². The molecule has 0 aliphatic carbocycles. The fourth-order valence-electron chi connectivity index (χ4n) is 3.18. The van der Waals surface area contributed by atoms with Crippen molar-refractivity contribution in [3.8, 4) is 11.6 Å². The van der Waals surface area contributed by atoms with Crippen LogP contribution in [0.15, 0.2) is 89.7 Å². The van der Waals surface area contributed by atoms with Crippen LogP contribution in [0.4, 0.5) is 4.39 Å². The van der Waals surface area contributed by atoms with Crippen LogP contribution in [-0.2, 0) is 13.2 Å². The van der Waals surface area contributed by atoms with Crippen molar-refractivity contribution in [3.05, 3.63) is 123 Å². The highest BCUT2D eigenvalue weighted by Gasteiger charge is 2.09. The van der Waals surface area contributed by atoms with Crippen molar-refractivity contribution in [2.24, 2.45) is 0 Å². The van der Waals surface area contributed by atoms with Gasteiger partial charge in [-0.1, -0.05) is 42.0 Å². The molecule has 0 saturated heterocycles. The normalized spacial score (nSPS) is 10.6. The molecule has 0 aliphatic rings. The summed E-state index contributed by atoms with van der Waals surface area (Å²) >= 11 is 0. The molecule has 0 atom stereocenters. The highest BCUT2D eigenvalue weighted by molar-refractivity contribution is 5.94. The average Bonchev–Trinajstić information content (AvgIpc) is 2.83. The minimum Gasteiger partial charge on any atom is -0.472 e. The molecule has 4 aromatic rings. The number of amides is 1. The number of carbonyl (C=O) groups excluding carboxylic acids is 1. The van der Waals surface area contributed by atoms with Crippen molar-refractivity contribution in [1.82, 2.24) is 15.1 Å². The van der Waals surface area contributed by atoms with Gasteiger partial charge in [0.15, 0.2) is 0 Å². The number of hydrogen-bond acceptors (Lipinski definition) is 4. The van der Waals surface area contributed by atoms with E-state index in [1.165, 1.54) is 28.9 Å². The minimum atomic E-state index is -0.350. The fourth-order valence-corrected chi connectivity index (χ4v) is 3.18. The van der Waals surface area contributed by atoms with Crippen LogP contribution in [0.1, 0.15) is 27.0 Å². The summed E-state index contributed by atoms with van der Waals surface area (Å²) in [6, 6.07) is 23.4. The zero-order valence-corrected chi connectivity index (χ0v) is 18.0. The Balaban J connectivity index is 1.43. The van der Waals surface area contributed by atoms with E-state index in [9.17, 15) is 14.0 Å². The highest BCUT2D eigenvalue weighted by Crippen LogP contribution is 2.12. The Labute approximate surface area is 190 Å². The van der Waals surface area contributed by atoms with Crippen LogP contribution in [-0.4, -0.2) is 15.7 Å². The number of aromatic nitrogens is 2. The number of rotatable bonds is 7. The lowest BCUT2D eigenvalue weighted by Crippen LogP contribution is -2.23. The summed E-state index contributed by atoms with van der Waals surface area (Å²) in [5.41, 5.74) is 3.44. The Bertz CT molecular complexity index is 1320. The number of nitrogens with one attached hydrogen (secondary N) is 1. The molecule has 0 fully saturated rings. The summed E-state index contributed by atoms with van der Waals surface area (Å²) in [5.74, 6) is -0.342. The second-order valence-corrected chi connectivity index (χ2v) is 7.56. The van der Waals surface area contributed by atoms with Gasteiger partial charge < -0.3 is 10.1 Å². The topological polar surface area (TPSA) is 73.2 Å². The standard InChI is InChI=1S/C26H22FN3O3/c1-18-5-7-19(8-6-18)16-28-26(32)21-9-11-23(12-10-21)30-25(31)14-13-24(29-30)33-17-20-3-2-4-22(27)15-20/h2-15H,16-17H2,1H3,(H,28,32). The first kappa shape index (κ1) is 22.0. The molecule has 4 rings (SSSR count). The molecule has 1 aromatic heterocycles. The van der Waals surface area contributed by atoms with Crippen LogP contribution in [0.5, 0.6) is 5.88 Å². The minimum absolute atomic E-state index is 0.114. The Morgan fingerprint density at radius 1 is 0.970 bits per heavy atom. The number of nitrogens with zero attached hydrogens (tertiary/aromatic N) is 2. The molecular formula is C26H22FN3O3. The molecule has 166 valence electrons. The quantitative estimate of drug-likeness (QED) is 0.465. The van der Waals surface area contributed by atoms with Gasteiger partial charge in [0.05, 0.1) is 5.69 Å². The molecule has 3 aromatic carbocycles. The molecule has 1 N–H and O–H groups in total. The molecule has 33 heavy (non-hydrogen) atoms. The van der Waals surface area contributed by atoms with E-state index in [1.807, 2.05) is 31.2 Å². The summed E-state index contributed by atoms with van der Waals surface area (Å²) in [4.78, 5) is 24.8. The Kier molecular flexibility index (Phi) is 6.59. The molecular weight excluding hydrogens is 421 g/mol. The van der Waals surface area contributed by atoms with Crippen LogP contribution < -0.4 is 15.6 Å². The van der Waals surface area contributed by atoms with Crippen molar-refractivity contribution in [3.63, 3.8) is 0 Å². The maximum absolute atomic E-state index is 13.3. The van der Waals surface area contributed by atoms with E-state index >= 15 is 0 Å². The molecule has 1 amide bonds. The van der Waals surface area contributed by atoms with E-state index in [-0.39, 0.29) is 29.8 Å². The molecule has 0 spiro atoms. The van der Waals surface area contributed by atoms with E-state index in [0.29, 0.717) is 23.4 Å². The third kappa shape index (κ3) is 5.71. The lowest BCUT2D eigenvalue weighted by molar-refractivity contribution is 0.0951. The number of aryl methyl sites for hydroxylation is 1. The summed E-state index contributed by atoms with van der Waals surface area (Å²) in [6.07, 6.45) is 0. The van der Waals surface area contributed by atoms with Gasteiger partial charge in [-0.05, 0) is 54.4 Å². The van der Waals surface area contributed by atoms with Crippen molar-refractivity contribution < 1.29 is 13.9 Å².